The van der Waals surface area contributed by atoms with Crippen molar-refractivity contribution >= 4 is 17.1 Å². The number of aliphatic hydroxyl groups excluding tert-OH is 4. The van der Waals surface area contributed by atoms with Crippen LogP contribution in [0.3, 0.4) is 0 Å². The van der Waals surface area contributed by atoms with Gasteiger partial charge in [0.15, 0.2) is 5.78 Å². The van der Waals surface area contributed by atoms with Crippen molar-refractivity contribution in [2.45, 2.75) is 18.3 Å². The van der Waals surface area contributed by atoms with Gasteiger partial charge in [-0.1, -0.05) is 0 Å². The monoisotopic (exact) mass is 244 g/mol. The van der Waals surface area contributed by atoms with Gasteiger partial charge in [0.1, 0.15) is 24.9 Å². The SMILES string of the molecule is O=C(COS(=O)O)[C@@H](O)[C@H](O)[C@H](O)CO. The van der Waals surface area contributed by atoms with Crippen LogP contribution in [0.15, 0.2) is 0 Å². The molecule has 0 aliphatic heterocycles. The molecule has 0 radical (unpaired) electrons. The predicted molar refractivity (Wildman–Crippen MR) is 46.8 cm³/mol. The lowest BCUT2D eigenvalue weighted by atomic mass is 10.1. The summed E-state index contributed by atoms with van der Waals surface area (Å²) in [5.74, 6) is -1.09. The molecule has 0 spiro atoms. The molecular formula is C6H12O8S. The van der Waals surface area contributed by atoms with E-state index in [0.29, 0.717) is 0 Å². The largest absolute Gasteiger partial charge is 0.394 e. The maximum Gasteiger partial charge on any atom is 0.302 e. The second-order valence-corrected chi connectivity index (χ2v) is 3.30. The van der Waals surface area contributed by atoms with Gasteiger partial charge in [-0.3, -0.25) is 13.5 Å². The van der Waals surface area contributed by atoms with Gasteiger partial charge in [0, 0.05) is 0 Å². The number of carbonyl (C=O) groups excluding carboxylic acids is 1. The van der Waals surface area contributed by atoms with Crippen LogP contribution in [0.25, 0.3) is 0 Å². The van der Waals surface area contributed by atoms with Gasteiger partial charge in [-0.15, -0.1) is 0 Å². The van der Waals surface area contributed by atoms with Gasteiger partial charge in [0.05, 0.1) is 6.61 Å². The second kappa shape index (κ2) is 6.95. The first-order valence-corrected chi connectivity index (χ1v) is 4.85. The van der Waals surface area contributed by atoms with Crippen LogP contribution in [-0.4, -0.2) is 66.5 Å². The summed E-state index contributed by atoms with van der Waals surface area (Å²) in [6.07, 6.45) is -5.54. The Kier molecular flexibility index (Phi) is 6.76. The van der Waals surface area contributed by atoms with E-state index in [2.05, 4.69) is 4.18 Å². The van der Waals surface area contributed by atoms with Crippen LogP contribution < -0.4 is 0 Å². The first-order valence-electron chi connectivity index (χ1n) is 3.82. The van der Waals surface area contributed by atoms with Crippen LogP contribution in [0.2, 0.25) is 0 Å². The minimum atomic E-state index is -2.65. The Morgan fingerprint density at radius 3 is 2.27 bits per heavy atom. The topological polar surface area (TPSA) is 145 Å². The minimum absolute atomic E-state index is 0.835. The number of ketones is 1. The zero-order valence-electron chi connectivity index (χ0n) is 7.52. The van der Waals surface area contributed by atoms with Crippen molar-refractivity contribution in [1.82, 2.24) is 0 Å². The van der Waals surface area contributed by atoms with Crippen LogP contribution in [0.4, 0.5) is 0 Å². The van der Waals surface area contributed by atoms with E-state index in [0.717, 1.165) is 0 Å². The lowest BCUT2D eigenvalue weighted by molar-refractivity contribution is -0.142. The Bertz CT molecular complexity index is 231. The summed E-state index contributed by atoms with van der Waals surface area (Å²) in [6.45, 7) is -1.72. The standard InChI is InChI=1S/C6H12O8S/c7-1-3(8)5(10)6(11)4(9)2-14-15(12)13/h3,5-8,10-11H,1-2H2,(H,12,13)/t3-,5-,6-/m1/s1. The molecule has 8 nitrogen and oxygen atoms in total. The number of rotatable bonds is 7. The molecule has 1 unspecified atom stereocenters. The zero-order valence-corrected chi connectivity index (χ0v) is 8.33. The molecule has 0 fully saturated rings. The van der Waals surface area contributed by atoms with E-state index in [1.807, 2.05) is 0 Å². The molecule has 0 bridgehead atoms. The maximum absolute atomic E-state index is 10.9. The molecule has 0 aromatic rings. The van der Waals surface area contributed by atoms with Gasteiger partial charge in [0.2, 0.25) is 0 Å². The van der Waals surface area contributed by atoms with Crippen molar-refractivity contribution in [2.24, 2.45) is 0 Å². The van der Waals surface area contributed by atoms with Crippen molar-refractivity contribution < 1.29 is 38.2 Å². The molecule has 90 valence electrons. The van der Waals surface area contributed by atoms with Gasteiger partial charge in [-0.2, -0.15) is 4.21 Å². The smallest absolute Gasteiger partial charge is 0.302 e. The third-order valence-electron chi connectivity index (χ3n) is 1.54. The highest BCUT2D eigenvalue weighted by Crippen LogP contribution is 2.02. The van der Waals surface area contributed by atoms with Crippen molar-refractivity contribution in [3.63, 3.8) is 0 Å². The highest BCUT2D eigenvalue weighted by molar-refractivity contribution is 7.74. The zero-order chi connectivity index (χ0) is 12.0. The predicted octanol–water partition coefficient (Wildman–Crippen LogP) is -3.22. The molecule has 0 heterocycles. The quantitative estimate of drug-likeness (QED) is 0.294. The Balaban J connectivity index is 4.13. The molecule has 9 heteroatoms. The van der Waals surface area contributed by atoms with Crippen LogP contribution in [-0.2, 0) is 20.3 Å². The lowest BCUT2D eigenvalue weighted by Gasteiger charge is -2.19. The lowest BCUT2D eigenvalue weighted by Crippen LogP contribution is -2.45. The molecule has 15 heavy (non-hydrogen) atoms. The van der Waals surface area contributed by atoms with E-state index in [1.165, 1.54) is 0 Å². The van der Waals surface area contributed by atoms with E-state index in [4.69, 9.17) is 25.0 Å². The fraction of sp³-hybridized carbons (Fsp3) is 0.833. The normalized spacial score (nSPS) is 19.3. The molecule has 4 atom stereocenters. The average Bonchev–Trinajstić information content (AvgIpc) is 2.22. The van der Waals surface area contributed by atoms with Crippen molar-refractivity contribution in [3.05, 3.63) is 0 Å². The third-order valence-corrected chi connectivity index (χ3v) is 1.86. The molecule has 0 aliphatic rings. The maximum atomic E-state index is 10.9. The average molecular weight is 244 g/mol. The first kappa shape index (κ1) is 14.6. The van der Waals surface area contributed by atoms with Crippen LogP contribution in [0, 0.1) is 0 Å². The Hall–Kier alpha value is -0.420. The molecule has 0 aromatic carbocycles. The van der Waals surface area contributed by atoms with Crippen LogP contribution in [0.5, 0.6) is 0 Å². The number of carbonyl (C=O) groups is 1. The molecule has 0 rings (SSSR count). The van der Waals surface area contributed by atoms with Crippen molar-refractivity contribution in [1.29, 1.82) is 0 Å². The van der Waals surface area contributed by atoms with Crippen molar-refractivity contribution in [3.8, 4) is 0 Å². The van der Waals surface area contributed by atoms with E-state index in [-0.39, 0.29) is 0 Å². The number of Topliss-reactive ketones (excluding diaryl/α,β-unsaturated/α-hetero) is 1. The molecule has 0 saturated heterocycles. The van der Waals surface area contributed by atoms with Crippen molar-refractivity contribution in [2.75, 3.05) is 13.2 Å². The Morgan fingerprint density at radius 2 is 1.87 bits per heavy atom. The molecular weight excluding hydrogens is 232 g/mol. The summed E-state index contributed by atoms with van der Waals surface area (Å²) in [5.41, 5.74) is 0. The molecule has 0 aromatic heterocycles. The third kappa shape index (κ3) is 5.28. The van der Waals surface area contributed by atoms with Crippen LogP contribution in [0.1, 0.15) is 0 Å². The molecule has 0 amide bonds. The molecule has 0 aliphatic carbocycles. The molecule has 0 saturated carbocycles. The minimum Gasteiger partial charge on any atom is -0.394 e. The first-order chi connectivity index (χ1) is 6.90. The highest BCUT2D eigenvalue weighted by atomic mass is 32.2. The summed E-state index contributed by atoms with van der Waals surface area (Å²) in [6, 6.07) is 0. The Morgan fingerprint density at radius 1 is 1.33 bits per heavy atom. The fourth-order valence-corrected chi connectivity index (χ4v) is 0.920. The molecule has 5 N–H and O–H groups in total. The van der Waals surface area contributed by atoms with E-state index >= 15 is 0 Å². The van der Waals surface area contributed by atoms with Gasteiger partial charge in [-0.25, -0.2) is 0 Å². The summed E-state index contributed by atoms with van der Waals surface area (Å²) in [7, 11) is 0. The summed E-state index contributed by atoms with van der Waals surface area (Å²) >= 11 is -2.65. The van der Waals surface area contributed by atoms with Gasteiger partial charge >= 0.3 is 11.4 Å². The van der Waals surface area contributed by atoms with E-state index < -0.39 is 48.7 Å². The summed E-state index contributed by atoms with van der Waals surface area (Å²) in [5, 5.41) is 35.4. The second-order valence-electron chi connectivity index (χ2n) is 2.63. The number of hydrogen-bond donors (Lipinski definition) is 5. The van der Waals surface area contributed by atoms with E-state index in [1.54, 1.807) is 0 Å². The van der Waals surface area contributed by atoms with Gasteiger partial charge in [-0.05, 0) is 0 Å². The summed E-state index contributed by atoms with van der Waals surface area (Å²) < 4.78 is 22.1. The van der Waals surface area contributed by atoms with Crippen LogP contribution >= 0.6 is 0 Å². The van der Waals surface area contributed by atoms with Gasteiger partial charge in [0.25, 0.3) is 0 Å². The Labute approximate surface area is 87.6 Å². The number of hydrogen-bond acceptors (Lipinski definition) is 7. The van der Waals surface area contributed by atoms with E-state index in [9.17, 15) is 9.00 Å². The fourth-order valence-electron chi connectivity index (χ4n) is 0.703. The highest BCUT2D eigenvalue weighted by Gasteiger charge is 2.29. The summed E-state index contributed by atoms with van der Waals surface area (Å²) in [4.78, 5) is 10.9. The van der Waals surface area contributed by atoms with Gasteiger partial charge < -0.3 is 20.4 Å². The number of aliphatic hydroxyl groups is 4.